The summed E-state index contributed by atoms with van der Waals surface area (Å²) in [6, 6.07) is 10.1. The van der Waals surface area contributed by atoms with Crippen LogP contribution in [0.2, 0.25) is 0 Å². The van der Waals surface area contributed by atoms with Crippen LogP contribution in [0.1, 0.15) is 13.8 Å². The van der Waals surface area contributed by atoms with E-state index in [9.17, 15) is 0 Å². The first-order valence-corrected chi connectivity index (χ1v) is 4.34. The molecule has 1 aromatic rings. The van der Waals surface area contributed by atoms with E-state index in [1.807, 2.05) is 42.3 Å². The molecule has 2 nitrogen and oxygen atoms in total. The van der Waals surface area contributed by atoms with E-state index in [1.54, 1.807) is 0 Å². The van der Waals surface area contributed by atoms with Crippen molar-refractivity contribution in [1.82, 2.24) is 0 Å². The van der Waals surface area contributed by atoms with Gasteiger partial charge >= 0.3 is 0 Å². The summed E-state index contributed by atoms with van der Waals surface area (Å²) < 4.78 is 0. The van der Waals surface area contributed by atoms with E-state index < -0.39 is 0 Å². The van der Waals surface area contributed by atoms with Gasteiger partial charge in [-0.05, 0) is 26.0 Å². The fourth-order valence-electron chi connectivity index (χ4n) is 1.10. The lowest BCUT2D eigenvalue weighted by Gasteiger charge is -2.20. The Morgan fingerprint density at radius 1 is 1.17 bits per heavy atom. The zero-order chi connectivity index (χ0) is 8.81. The van der Waals surface area contributed by atoms with Crippen molar-refractivity contribution < 1.29 is 4.84 Å². The molecule has 0 aliphatic carbocycles. The normalized spacial score (nSPS) is 9.83. The number of hydroxylamine groups is 1. The maximum Gasteiger partial charge on any atom is 0.0720 e. The third kappa shape index (κ3) is 2.24. The van der Waals surface area contributed by atoms with E-state index in [-0.39, 0.29) is 0 Å². The molecule has 0 radical (unpaired) electrons. The fraction of sp³-hybridized carbons (Fsp3) is 0.400. The smallest absolute Gasteiger partial charge is 0.0720 e. The van der Waals surface area contributed by atoms with Gasteiger partial charge in [0.05, 0.1) is 12.3 Å². The van der Waals surface area contributed by atoms with Crippen molar-refractivity contribution in [3.8, 4) is 0 Å². The number of hydrogen-bond acceptors (Lipinski definition) is 2. The molecule has 0 heterocycles. The third-order valence-corrected chi connectivity index (χ3v) is 1.62. The van der Waals surface area contributed by atoms with E-state index in [0.29, 0.717) is 6.61 Å². The Balaban J connectivity index is 2.66. The van der Waals surface area contributed by atoms with E-state index in [2.05, 4.69) is 6.92 Å². The Labute approximate surface area is 73.7 Å². The van der Waals surface area contributed by atoms with Gasteiger partial charge in [-0.25, -0.2) is 0 Å². The van der Waals surface area contributed by atoms with Gasteiger partial charge in [0.1, 0.15) is 0 Å². The molecule has 0 aliphatic heterocycles. The van der Waals surface area contributed by atoms with Gasteiger partial charge in [-0.15, -0.1) is 0 Å². The Hall–Kier alpha value is -1.02. The van der Waals surface area contributed by atoms with E-state index in [0.717, 1.165) is 12.2 Å². The van der Waals surface area contributed by atoms with Crippen LogP contribution in [0.15, 0.2) is 30.3 Å². The highest BCUT2D eigenvalue weighted by atomic mass is 16.7. The molecule has 1 aromatic carbocycles. The predicted octanol–water partition coefficient (Wildman–Crippen LogP) is 2.46. The molecule has 0 amide bonds. The van der Waals surface area contributed by atoms with Crippen LogP contribution in [0.25, 0.3) is 0 Å². The summed E-state index contributed by atoms with van der Waals surface area (Å²) in [5.74, 6) is 0. The van der Waals surface area contributed by atoms with Crippen LogP contribution in [0, 0.1) is 0 Å². The summed E-state index contributed by atoms with van der Waals surface area (Å²) in [7, 11) is 0. The average Bonchev–Trinajstić information content (AvgIpc) is 2.15. The second kappa shape index (κ2) is 4.78. The summed E-state index contributed by atoms with van der Waals surface area (Å²) in [5.41, 5.74) is 1.11. The highest BCUT2D eigenvalue weighted by molar-refractivity contribution is 5.42. The van der Waals surface area contributed by atoms with Gasteiger partial charge in [0, 0.05) is 6.54 Å². The number of anilines is 1. The van der Waals surface area contributed by atoms with E-state index in [1.165, 1.54) is 0 Å². The van der Waals surface area contributed by atoms with Crippen LogP contribution in [0.5, 0.6) is 0 Å². The van der Waals surface area contributed by atoms with Crippen molar-refractivity contribution in [2.24, 2.45) is 0 Å². The first-order valence-electron chi connectivity index (χ1n) is 4.34. The molecule has 0 aliphatic rings. The monoisotopic (exact) mass is 165 g/mol. The molecule has 1 rings (SSSR count). The summed E-state index contributed by atoms with van der Waals surface area (Å²) in [6.07, 6.45) is 0. The van der Waals surface area contributed by atoms with Crippen molar-refractivity contribution in [3.63, 3.8) is 0 Å². The highest BCUT2D eigenvalue weighted by Crippen LogP contribution is 2.12. The molecule has 0 spiro atoms. The molecular formula is C10H15NO. The highest BCUT2D eigenvalue weighted by Gasteiger charge is 2.00. The Kier molecular flexibility index (Phi) is 3.61. The molecular weight excluding hydrogens is 150 g/mol. The first kappa shape index (κ1) is 9.07. The average molecular weight is 165 g/mol. The minimum atomic E-state index is 0.711. The van der Waals surface area contributed by atoms with Crippen LogP contribution >= 0.6 is 0 Å². The Morgan fingerprint density at radius 2 is 1.83 bits per heavy atom. The van der Waals surface area contributed by atoms with Crippen molar-refractivity contribution in [2.45, 2.75) is 13.8 Å². The maximum atomic E-state index is 5.41. The summed E-state index contributed by atoms with van der Waals surface area (Å²) in [6.45, 7) is 5.65. The van der Waals surface area contributed by atoms with Gasteiger partial charge in [-0.2, -0.15) is 0 Å². The zero-order valence-corrected chi connectivity index (χ0v) is 7.66. The van der Waals surface area contributed by atoms with Crippen LogP contribution in [-0.4, -0.2) is 13.2 Å². The molecule has 2 heteroatoms. The molecule has 0 fully saturated rings. The fourth-order valence-corrected chi connectivity index (χ4v) is 1.10. The summed E-state index contributed by atoms with van der Waals surface area (Å²) >= 11 is 0. The van der Waals surface area contributed by atoms with Gasteiger partial charge in [0.15, 0.2) is 0 Å². The molecule has 66 valence electrons. The molecule has 0 saturated heterocycles. The lowest BCUT2D eigenvalue weighted by molar-refractivity contribution is 0.123. The van der Waals surface area contributed by atoms with Gasteiger partial charge in [-0.1, -0.05) is 18.2 Å². The van der Waals surface area contributed by atoms with Crippen LogP contribution in [-0.2, 0) is 4.84 Å². The van der Waals surface area contributed by atoms with Crippen LogP contribution < -0.4 is 5.06 Å². The standard InChI is InChI=1S/C10H15NO/c1-3-11(12-4-2)10-8-6-5-7-9-10/h5-9H,3-4H2,1-2H3. The van der Waals surface area contributed by atoms with Crippen LogP contribution in [0.3, 0.4) is 0 Å². The molecule has 0 atom stereocenters. The minimum Gasteiger partial charge on any atom is -0.274 e. The topological polar surface area (TPSA) is 12.5 Å². The van der Waals surface area contributed by atoms with E-state index in [4.69, 9.17) is 4.84 Å². The quantitative estimate of drug-likeness (QED) is 0.635. The van der Waals surface area contributed by atoms with Gasteiger partial charge < -0.3 is 0 Å². The van der Waals surface area contributed by atoms with E-state index >= 15 is 0 Å². The number of nitrogens with zero attached hydrogens (tertiary/aromatic N) is 1. The first-order chi connectivity index (χ1) is 5.88. The number of benzene rings is 1. The number of rotatable bonds is 4. The summed E-state index contributed by atoms with van der Waals surface area (Å²) in [5, 5.41) is 1.89. The molecule has 0 unspecified atom stereocenters. The maximum absolute atomic E-state index is 5.41. The lowest BCUT2D eigenvalue weighted by atomic mass is 10.3. The SMILES string of the molecule is CCON(CC)c1ccccc1. The number of hydrogen-bond donors (Lipinski definition) is 0. The van der Waals surface area contributed by atoms with Gasteiger partial charge in [0.25, 0.3) is 0 Å². The Morgan fingerprint density at radius 3 is 2.33 bits per heavy atom. The predicted molar refractivity (Wildman–Crippen MR) is 51.1 cm³/mol. The second-order valence-corrected chi connectivity index (χ2v) is 2.45. The van der Waals surface area contributed by atoms with Gasteiger partial charge in [-0.3, -0.25) is 9.90 Å². The third-order valence-electron chi connectivity index (χ3n) is 1.62. The Bertz CT molecular complexity index is 210. The van der Waals surface area contributed by atoms with Crippen molar-refractivity contribution in [1.29, 1.82) is 0 Å². The van der Waals surface area contributed by atoms with Crippen molar-refractivity contribution >= 4 is 5.69 Å². The second-order valence-electron chi connectivity index (χ2n) is 2.45. The molecule has 0 bridgehead atoms. The minimum absolute atomic E-state index is 0.711. The molecule has 0 aromatic heterocycles. The van der Waals surface area contributed by atoms with Crippen molar-refractivity contribution in [2.75, 3.05) is 18.2 Å². The molecule has 0 N–H and O–H groups in total. The molecule has 12 heavy (non-hydrogen) atoms. The number of para-hydroxylation sites is 1. The largest absolute Gasteiger partial charge is 0.274 e. The van der Waals surface area contributed by atoms with Crippen molar-refractivity contribution in [3.05, 3.63) is 30.3 Å². The van der Waals surface area contributed by atoms with Crippen LogP contribution in [0.4, 0.5) is 5.69 Å². The zero-order valence-electron chi connectivity index (χ0n) is 7.66. The summed E-state index contributed by atoms with van der Waals surface area (Å²) in [4.78, 5) is 5.41. The lowest BCUT2D eigenvalue weighted by Crippen LogP contribution is -2.22. The van der Waals surface area contributed by atoms with Gasteiger partial charge in [0.2, 0.25) is 0 Å². The molecule has 0 saturated carbocycles.